The SMILES string of the molecule is CCCc1ccc(NCC(N)C(=O)O)cc1. The van der Waals surface area contributed by atoms with E-state index in [-0.39, 0.29) is 6.54 Å². The summed E-state index contributed by atoms with van der Waals surface area (Å²) in [5, 5.41) is 11.6. The van der Waals surface area contributed by atoms with Crippen LogP contribution in [0.25, 0.3) is 0 Å². The molecule has 0 radical (unpaired) electrons. The third-order valence-corrected chi connectivity index (χ3v) is 2.34. The molecule has 0 saturated heterocycles. The van der Waals surface area contributed by atoms with Crippen molar-refractivity contribution in [3.05, 3.63) is 29.8 Å². The van der Waals surface area contributed by atoms with E-state index < -0.39 is 12.0 Å². The summed E-state index contributed by atoms with van der Waals surface area (Å²) in [5.41, 5.74) is 7.57. The van der Waals surface area contributed by atoms with Crippen molar-refractivity contribution in [3.8, 4) is 0 Å². The molecule has 1 rings (SSSR count). The number of rotatable bonds is 6. The molecule has 1 aromatic carbocycles. The van der Waals surface area contributed by atoms with Gasteiger partial charge >= 0.3 is 5.97 Å². The molecule has 4 heteroatoms. The van der Waals surface area contributed by atoms with Gasteiger partial charge in [0.25, 0.3) is 0 Å². The fourth-order valence-corrected chi connectivity index (χ4v) is 1.39. The first kappa shape index (κ1) is 12.5. The Morgan fingerprint density at radius 3 is 2.56 bits per heavy atom. The zero-order chi connectivity index (χ0) is 12.0. The van der Waals surface area contributed by atoms with E-state index in [0.717, 1.165) is 18.5 Å². The zero-order valence-electron chi connectivity index (χ0n) is 9.44. The summed E-state index contributed by atoms with van der Waals surface area (Å²) in [6.45, 7) is 2.38. The van der Waals surface area contributed by atoms with Gasteiger partial charge < -0.3 is 16.2 Å². The van der Waals surface area contributed by atoms with Crippen LogP contribution >= 0.6 is 0 Å². The zero-order valence-corrected chi connectivity index (χ0v) is 9.44. The second-order valence-corrected chi connectivity index (χ2v) is 3.77. The lowest BCUT2D eigenvalue weighted by Gasteiger charge is -2.10. The Hall–Kier alpha value is -1.55. The fourth-order valence-electron chi connectivity index (χ4n) is 1.39. The number of aryl methyl sites for hydroxylation is 1. The Morgan fingerprint density at radius 2 is 2.06 bits per heavy atom. The molecule has 88 valence electrons. The number of nitrogens with one attached hydrogen (secondary N) is 1. The van der Waals surface area contributed by atoms with Gasteiger partial charge in [0.15, 0.2) is 0 Å². The summed E-state index contributed by atoms with van der Waals surface area (Å²) >= 11 is 0. The maximum Gasteiger partial charge on any atom is 0.322 e. The predicted molar refractivity (Wildman–Crippen MR) is 64.5 cm³/mol. The van der Waals surface area contributed by atoms with E-state index in [1.165, 1.54) is 5.56 Å². The molecule has 0 bridgehead atoms. The Balaban J connectivity index is 2.46. The van der Waals surface area contributed by atoms with Crippen LogP contribution in [0.4, 0.5) is 5.69 Å². The topological polar surface area (TPSA) is 75.3 Å². The van der Waals surface area contributed by atoms with Gasteiger partial charge in [0.2, 0.25) is 0 Å². The number of benzene rings is 1. The molecule has 4 N–H and O–H groups in total. The lowest BCUT2D eigenvalue weighted by Crippen LogP contribution is -2.36. The van der Waals surface area contributed by atoms with Crippen LogP contribution in [0.3, 0.4) is 0 Å². The number of carboxylic acid groups (broad SMARTS) is 1. The van der Waals surface area contributed by atoms with E-state index in [9.17, 15) is 4.79 Å². The van der Waals surface area contributed by atoms with Gasteiger partial charge in [-0.05, 0) is 24.1 Å². The second kappa shape index (κ2) is 6.12. The van der Waals surface area contributed by atoms with Crippen molar-refractivity contribution in [1.29, 1.82) is 0 Å². The highest BCUT2D eigenvalue weighted by atomic mass is 16.4. The number of nitrogens with two attached hydrogens (primary N) is 1. The lowest BCUT2D eigenvalue weighted by atomic mass is 10.1. The standard InChI is InChI=1S/C12H18N2O2/c1-2-3-9-4-6-10(7-5-9)14-8-11(13)12(15)16/h4-7,11,14H,2-3,8,13H2,1H3,(H,15,16). The van der Waals surface area contributed by atoms with Crippen LogP contribution in [-0.2, 0) is 11.2 Å². The summed E-state index contributed by atoms with van der Waals surface area (Å²) in [4.78, 5) is 10.5. The molecule has 1 unspecified atom stereocenters. The molecule has 0 aliphatic rings. The number of carboxylic acids is 1. The Bertz CT molecular complexity index is 335. The van der Waals surface area contributed by atoms with Crippen molar-refractivity contribution in [2.75, 3.05) is 11.9 Å². The summed E-state index contributed by atoms with van der Waals surface area (Å²) in [5.74, 6) is -0.991. The third kappa shape index (κ3) is 3.90. The molecule has 16 heavy (non-hydrogen) atoms. The average molecular weight is 222 g/mol. The van der Waals surface area contributed by atoms with Crippen molar-refractivity contribution < 1.29 is 9.90 Å². The van der Waals surface area contributed by atoms with Gasteiger partial charge in [0, 0.05) is 12.2 Å². The Labute approximate surface area is 95.5 Å². The van der Waals surface area contributed by atoms with Crippen molar-refractivity contribution in [2.24, 2.45) is 5.73 Å². The number of carbonyl (C=O) groups is 1. The van der Waals surface area contributed by atoms with Crippen LogP contribution in [0.5, 0.6) is 0 Å². The maximum absolute atomic E-state index is 10.5. The van der Waals surface area contributed by atoms with Crippen LogP contribution in [0.15, 0.2) is 24.3 Å². The molecule has 4 nitrogen and oxygen atoms in total. The first-order chi connectivity index (χ1) is 7.63. The van der Waals surface area contributed by atoms with E-state index in [4.69, 9.17) is 10.8 Å². The molecule has 0 fully saturated rings. The first-order valence-electron chi connectivity index (χ1n) is 5.44. The lowest BCUT2D eigenvalue weighted by molar-refractivity contribution is -0.138. The smallest absolute Gasteiger partial charge is 0.322 e. The minimum Gasteiger partial charge on any atom is -0.480 e. The summed E-state index contributed by atoms with van der Waals surface area (Å²) in [6.07, 6.45) is 2.19. The highest BCUT2D eigenvalue weighted by Gasteiger charge is 2.09. The van der Waals surface area contributed by atoms with Gasteiger partial charge in [0.1, 0.15) is 6.04 Å². The van der Waals surface area contributed by atoms with Crippen LogP contribution in [-0.4, -0.2) is 23.7 Å². The van der Waals surface area contributed by atoms with Gasteiger partial charge in [-0.1, -0.05) is 25.5 Å². The summed E-state index contributed by atoms with van der Waals surface area (Å²) in [7, 11) is 0. The highest BCUT2D eigenvalue weighted by molar-refractivity contribution is 5.74. The highest BCUT2D eigenvalue weighted by Crippen LogP contribution is 2.10. The molecule has 0 spiro atoms. The van der Waals surface area contributed by atoms with Crippen molar-refractivity contribution in [3.63, 3.8) is 0 Å². The molecular formula is C12H18N2O2. The fraction of sp³-hybridized carbons (Fsp3) is 0.417. The number of anilines is 1. The van der Waals surface area contributed by atoms with Crippen LogP contribution in [0.2, 0.25) is 0 Å². The van der Waals surface area contributed by atoms with Crippen molar-refractivity contribution in [1.82, 2.24) is 0 Å². The van der Waals surface area contributed by atoms with E-state index in [1.807, 2.05) is 24.3 Å². The van der Waals surface area contributed by atoms with Crippen molar-refractivity contribution in [2.45, 2.75) is 25.8 Å². The van der Waals surface area contributed by atoms with Crippen LogP contribution in [0.1, 0.15) is 18.9 Å². The molecule has 0 aromatic heterocycles. The molecule has 0 saturated carbocycles. The van der Waals surface area contributed by atoms with Crippen molar-refractivity contribution >= 4 is 11.7 Å². The minimum absolute atomic E-state index is 0.239. The average Bonchev–Trinajstić information content (AvgIpc) is 2.28. The predicted octanol–water partition coefficient (Wildman–Crippen LogP) is 1.46. The largest absolute Gasteiger partial charge is 0.480 e. The molecule has 0 aliphatic carbocycles. The second-order valence-electron chi connectivity index (χ2n) is 3.77. The van der Waals surface area contributed by atoms with Gasteiger partial charge in [-0.2, -0.15) is 0 Å². The normalized spacial score (nSPS) is 12.1. The summed E-state index contributed by atoms with van der Waals surface area (Å²) < 4.78 is 0. The number of aliphatic carboxylic acids is 1. The number of hydrogen-bond donors (Lipinski definition) is 3. The van der Waals surface area contributed by atoms with Crippen LogP contribution < -0.4 is 11.1 Å². The molecule has 0 heterocycles. The van der Waals surface area contributed by atoms with E-state index in [0.29, 0.717) is 0 Å². The quantitative estimate of drug-likeness (QED) is 0.681. The van der Waals surface area contributed by atoms with E-state index >= 15 is 0 Å². The number of hydrogen-bond acceptors (Lipinski definition) is 3. The minimum atomic E-state index is -0.991. The molecular weight excluding hydrogens is 204 g/mol. The van der Waals surface area contributed by atoms with E-state index in [1.54, 1.807) is 0 Å². The molecule has 1 aromatic rings. The third-order valence-electron chi connectivity index (χ3n) is 2.34. The Morgan fingerprint density at radius 1 is 1.44 bits per heavy atom. The first-order valence-corrected chi connectivity index (χ1v) is 5.44. The van der Waals surface area contributed by atoms with Gasteiger partial charge in [0.05, 0.1) is 0 Å². The summed E-state index contributed by atoms with van der Waals surface area (Å²) in [6, 6.07) is 7.10. The monoisotopic (exact) mass is 222 g/mol. The van der Waals surface area contributed by atoms with Gasteiger partial charge in [-0.15, -0.1) is 0 Å². The molecule has 0 amide bonds. The molecule has 0 aliphatic heterocycles. The maximum atomic E-state index is 10.5. The van der Waals surface area contributed by atoms with Gasteiger partial charge in [-0.3, -0.25) is 4.79 Å². The van der Waals surface area contributed by atoms with Crippen LogP contribution in [0, 0.1) is 0 Å². The van der Waals surface area contributed by atoms with E-state index in [2.05, 4.69) is 12.2 Å². The van der Waals surface area contributed by atoms with Gasteiger partial charge in [-0.25, -0.2) is 0 Å². The Kier molecular flexibility index (Phi) is 4.79. The molecule has 1 atom stereocenters.